The predicted octanol–water partition coefficient (Wildman–Crippen LogP) is 13.3. The molecular weight excluding hydrogens is 649 g/mol. The van der Waals surface area contributed by atoms with Crippen LogP contribution in [0.25, 0.3) is 47.7 Å². The molecule has 0 unspecified atom stereocenters. The predicted molar refractivity (Wildman–Crippen MR) is 220 cm³/mol. The van der Waals surface area contributed by atoms with Crippen molar-refractivity contribution in [1.82, 2.24) is 4.57 Å². The van der Waals surface area contributed by atoms with E-state index < -0.39 is 5.41 Å². The van der Waals surface area contributed by atoms with Crippen LogP contribution in [0.3, 0.4) is 0 Å². The van der Waals surface area contributed by atoms with Crippen LogP contribution in [0.2, 0.25) is 0 Å². The van der Waals surface area contributed by atoms with Crippen LogP contribution >= 0.6 is 11.3 Å². The minimum atomic E-state index is -0.557. The van der Waals surface area contributed by atoms with E-state index in [1.54, 1.807) is 0 Å². The van der Waals surface area contributed by atoms with Gasteiger partial charge in [0.2, 0.25) is 0 Å². The molecule has 3 heterocycles. The van der Waals surface area contributed by atoms with E-state index >= 15 is 0 Å². The molecule has 2 nitrogen and oxygen atoms in total. The van der Waals surface area contributed by atoms with Gasteiger partial charge in [0.1, 0.15) is 0 Å². The summed E-state index contributed by atoms with van der Waals surface area (Å²) < 4.78 is 5.04. The molecule has 0 saturated heterocycles. The molecule has 0 bridgehead atoms. The second-order valence-corrected chi connectivity index (χ2v) is 14.7. The van der Waals surface area contributed by atoms with E-state index in [1.807, 2.05) is 11.3 Å². The zero-order valence-electron chi connectivity index (χ0n) is 28.3. The maximum Gasteiger partial charge on any atom is 0.0756 e. The lowest BCUT2D eigenvalue weighted by molar-refractivity contribution is 0.739. The Balaban J connectivity index is 1.22. The fourth-order valence-corrected chi connectivity index (χ4v) is 10.2. The Bertz CT molecular complexity index is 2920. The van der Waals surface area contributed by atoms with Gasteiger partial charge in [-0.2, -0.15) is 0 Å². The molecule has 1 aliphatic rings. The van der Waals surface area contributed by atoms with Crippen LogP contribution < -0.4 is 4.90 Å². The van der Waals surface area contributed by atoms with Crippen LogP contribution in [-0.2, 0) is 5.41 Å². The second kappa shape index (κ2) is 11.3. The molecule has 0 amide bonds. The smallest absolute Gasteiger partial charge is 0.0756 e. The summed E-state index contributed by atoms with van der Waals surface area (Å²) in [6.45, 7) is 0. The third kappa shape index (κ3) is 4.00. The molecule has 0 spiro atoms. The van der Waals surface area contributed by atoms with Crippen molar-refractivity contribution in [3.63, 3.8) is 0 Å². The number of para-hydroxylation sites is 4. The number of benzene rings is 8. The minimum absolute atomic E-state index is 0.557. The molecule has 1 aliphatic heterocycles. The fraction of sp³-hybridized carbons (Fsp3) is 0.0204. The van der Waals surface area contributed by atoms with Gasteiger partial charge in [0, 0.05) is 42.3 Å². The van der Waals surface area contributed by atoms with Gasteiger partial charge < -0.3 is 9.47 Å². The lowest BCUT2D eigenvalue weighted by Gasteiger charge is -2.46. The summed E-state index contributed by atoms with van der Waals surface area (Å²) in [4.78, 5) is 2.49. The van der Waals surface area contributed by atoms with Crippen LogP contribution in [0.1, 0.15) is 22.3 Å². The van der Waals surface area contributed by atoms with Gasteiger partial charge in [0.05, 0.1) is 27.8 Å². The number of rotatable bonds is 4. The third-order valence-electron chi connectivity index (χ3n) is 11.0. The van der Waals surface area contributed by atoms with E-state index in [0.717, 1.165) is 11.4 Å². The lowest BCUT2D eigenvalue weighted by atomic mass is 9.62. The highest BCUT2D eigenvalue weighted by molar-refractivity contribution is 7.26. The molecule has 0 saturated carbocycles. The van der Waals surface area contributed by atoms with E-state index in [1.165, 1.54) is 75.6 Å². The van der Waals surface area contributed by atoms with Crippen LogP contribution in [0.4, 0.5) is 17.1 Å². The van der Waals surface area contributed by atoms with Gasteiger partial charge in [-0.15, -0.1) is 11.3 Å². The minimum Gasteiger partial charge on any atom is -0.310 e. The van der Waals surface area contributed by atoms with Gasteiger partial charge in [0.15, 0.2) is 0 Å². The summed E-state index contributed by atoms with van der Waals surface area (Å²) in [7, 11) is 0. The molecule has 3 heteroatoms. The Morgan fingerprint density at radius 1 is 0.385 bits per heavy atom. The first-order valence-corrected chi connectivity index (χ1v) is 18.7. The van der Waals surface area contributed by atoms with Gasteiger partial charge in [-0.1, -0.05) is 140 Å². The average molecular weight is 681 g/mol. The van der Waals surface area contributed by atoms with Crippen molar-refractivity contribution < 1.29 is 0 Å². The topological polar surface area (TPSA) is 8.17 Å². The molecule has 0 fully saturated rings. The summed E-state index contributed by atoms with van der Waals surface area (Å²) in [5, 5.41) is 5.11. The summed E-state index contributed by atoms with van der Waals surface area (Å²) in [5.41, 5.74) is 11.7. The van der Waals surface area contributed by atoms with Crippen molar-refractivity contribution >= 4 is 70.4 Å². The maximum atomic E-state index is 2.49. The Hall–Kier alpha value is -6.42. The molecule has 8 aromatic carbocycles. The molecule has 244 valence electrons. The van der Waals surface area contributed by atoms with Gasteiger partial charge in [-0.3, -0.25) is 0 Å². The average Bonchev–Trinajstić information content (AvgIpc) is 3.76. The highest BCUT2D eigenvalue weighted by atomic mass is 32.1. The monoisotopic (exact) mass is 680 g/mol. The number of thiophene rings is 1. The molecule has 11 rings (SSSR count). The van der Waals surface area contributed by atoms with E-state index in [4.69, 9.17) is 0 Å². The van der Waals surface area contributed by atoms with Crippen molar-refractivity contribution in [2.45, 2.75) is 5.41 Å². The van der Waals surface area contributed by atoms with E-state index in [-0.39, 0.29) is 0 Å². The number of hydrogen-bond donors (Lipinski definition) is 0. The molecule has 0 N–H and O–H groups in total. The van der Waals surface area contributed by atoms with Crippen molar-refractivity contribution in [3.05, 3.63) is 216 Å². The highest BCUT2D eigenvalue weighted by Crippen LogP contribution is 2.59. The standard InChI is InChI=1S/C49H32N2S/c1-3-16-33(17-4-1)49(42-25-15-22-38-37-21-8-14-29-47(37)52-48(38)42)40-23-9-12-27-45(40)51(46-28-13-10-24-41(46)49)35-30-31-44-39(32-35)36-20-7-11-26-43(36)50(44)34-18-5-2-6-19-34/h1-32H. The molecule has 0 radical (unpaired) electrons. The van der Waals surface area contributed by atoms with E-state index in [9.17, 15) is 0 Å². The molecule has 10 aromatic rings. The summed E-state index contributed by atoms with van der Waals surface area (Å²) in [6.07, 6.45) is 0. The number of fused-ring (bicyclic) bond motifs is 8. The van der Waals surface area contributed by atoms with Crippen molar-refractivity contribution in [2.75, 3.05) is 4.90 Å². The number of aromatic nitrogens is 1. The van der Waals surface area contributed by atoms with Gasteiger partial charge >= 0.3 is 0 Å². The number of nitrogens with zero attached hydrogens (tertiary/aromatic N) is 2. The first-order chi connectivity index (χ1) is 25.8. The quantitative estimate of drug-likeness (QED) is 0.180. The molecule has 0 atom stereocenters. The number of hydrogen-bond acceptors (Lipinski definition) is 2. The summed E-state index contributed by atoms with van der Waals surface area (Å²) in [6, 6.07) is 71.5. The first kappa shape index (κ1) is 29.3. The van der Waals surface area contributed by atoms with Crippen LogP contribution in [0.5, 0.6) is 0 Å². The Labute approximate surface area is 306 Å². The summed E-state index contributed by atoms with van der Waals surface area (Å²) in [5.74, 6) is 0. The van der Waals surface area contributed by atoms with Crippen LogP contribution in [0.15, 0.2) is 194 Å². The summed E-state index contributed by atoms with van der Waals surface area (Å²) >= 11 is 1.91. The first-order valence-electron chi connectivity index (χ1n) is 17.9. The van der Waals surface area contributed by atoms with E-state index in [2.05, 4.69) is 204 Å². The maximum absolute atomic E-state index is 2.49. The molecular formula is C49H32N2S. The number of anilines is 3. The van der Waals surface area contributed by atoms with Crippen molar-refractivity contribution in [1.29, 1.82) is 0 Å². The molecule has 2 aromatic heterocycles. The second-order valence-electron chi connectivity index (χ2n) is 13.7. The molecule has 0 aliphatic carbocycles. The zero-order chi connectivity index (χ0) is 34.2. The SMILES string of the molecule is c1ccc(-n2c3ccccc3c3cc(N4c5ccccc5C(c5ccccc5)(c5cccc6c5sc5ccccc56)c5ccccc54)ccc32)cc1. The lowest BCUT2D eigenvalue weighted by Crippen LogP contribution is -2.37. The van der Waals surface area contributed by atoms with Crippen molar-refractivity contribution in [3.8, 4) is 5.69 Å². The zero-order valence-corrected chi connectivity index (χ0v) is 29.1. The third-order valence-corrected chi connectivity index (χ3v) is 12.3. The normalized spacial score (nSPS) is 13.5. The highest BCUT2D eigenvalue weighted by Gasteiger charge is 2.47. The van der Waals surface area contributed by atoms with Crippen LogP contribution in [-0.4, -0.2) is 4.57 Å². The van der Waals surface area contributed by atoms with Gasteiger partial charge in [-0.05, 0) is 76.9 Å². The van der Waals surface area contributed by atoms with E-state index in [0.29, 0.717) is 0 Å². The Morgan fingerprint density at radius 3 is 1.73 bits per heavy atom. The van der Waals surface area contributed by atoms with Gasteiger partial charge in [-0.25, -0.2) is 0 Å². The largest absolute Gasteiger partial charge is 0.310 e. The van der Waals surface area contributed by atoms with Crippen LogP contribution in [0, 0.1) is 0 Å². The Morgan fingerprint density at radius 2 is 0.962 bits per heavy atom. The van der Waals surface area contributed by atoms with Crippen molar-refractivity contribution in [2.24, 2.45) is 0 Å². The fourth-order valence-electron chi connectivity index (χ4n) is 8.97. The van der Waals surface area contributed by atoms with Gasteiger partial charge in [0.25, 0.3) is 0 Å². The molecule has 52 heavy (non-hydrogen) atoms. The Kier molecular flexibility index (Phi) is 6.37.